The molecule has 0 atom stereocenters. The van der Waals surface area contributed by atoms with Crippen LogP contribution in [0.25, 0.3) is 0 Å². The van der Waals surface area contributed by atoms with Gasteiger partial charge in [-0.25, -0.2) is 4.79 Å². The smallest absolute Gasteiger partial charge is 0.344 e. The number of nitrogens with zero attached hydrogens (tertiary/aromatic N) is 1. The van der Waals surface area contributed by atoms with E-state index in [2.05, 4.69) is 5.32 Å². The van der Waals surface area contributed by atoms with Gasteiger partial charge < -0.3 is 14.8 Å². The normalized spacial score (nSPS) is 13.7. The van der Waals surface area contributed by atoms with E-state index in [0.29, 0.717) is 27.4 Å². The van der Waals surface area contributed by atoms with E-state index in [1.807, 2.05) is 0 Å². The summed E-state index contributed by atoms with van der Waals surface area (Å²) in [6, 6.07) is 6.57. The van der Waals surface area contributed by atoms with Gasteiger partial charge in [0.1, 0.15) is 10.1 Å². The van der Waals surface area contributed by atoms with Crippen molar-refractivity contribution in [1.82, 2.24) is 10.2 Å². The summed E-state index contributed by atoms with van der Waals surface area (Å²) in [6.45, 7) is -0.240. The van der Waals surface area contributed by atoms with Gasteiger partial charge in [-0.05, 0) is 18.2 Å². The summed E-state index contributed by atoms with van der Waals surface area (Å²) in [7, 11) is 0. The largest absolute Gasteiger partial charge is 0.482 e. The van der Waals surface area contributed by atoms with Gasteiger partial charge in [-0.2, -0.15) is 0 Å². The summed E-state index contributed by atoms with van der Waals surface area (Å²) < 4.78 is 10.5. The summed E-state index contributed by atoms with van der Waals surface area (Å²) in [5.74, 6) is -0.465. The molecule has 0 aliphatic carbocycles. The Morgan fingerprint density at radius 3 is 2.84 bits per heavy atom. The molecule has 1 N–H and O–H groups in total. The zero-order valence-corrected chi connectivity index (χ0v) is 15.4. The first-order valence-electron chi connectivity index (χ1n) is 7.23. The van der Waals surface area contributed by atoms with Crippen LogP contribution in [-0.4, -0.2) is 59.1 Å². The van der Waals surface area contributed by atoms with Crippen LogP contribution in [0.15, 0.2) is 24.3 Å². The summed E-state index contributed by atoms with van der Waals surface area (Å²) in [5.41, 5.74) is 0. The van der Waals surface area contributed by atoms with Crippen molar-refractivity contribution in [3.05, 3.63) is 29.3 Å². The molecule has 0 radical (unpaired) electrons. The predicted molar refractivity (Wildman–Crippen MR) is 97.7 cm³/mol. The fraction of sp³-hybridized carbons (Fsp3) is 0.333. The summed E-state index contributed by atoms with van der Waals surface area (Å²) >= 11 is 12.1. The Labute approximate surface area is 159 Å². The van der Waals surface area contributed by atoms with Crippen LogP contribution in [0.1, 0.15) is 0 Å². The minimum Gasteiger partial charge on any atom is -0.482 e. The standard InChI is InChI=1S/C15H15ClN2O5S2/c16-10-2-1-3-11(6-10)22-8-14(21)23-7-12(19)17-4-5-18-13(20)9-25-15(18)24/h1-3,6H,4-5,7-9H2,(H,17,19). The molecule has 134 valence electrons. The SMILES string of the molecule is O=C(COC(=O)COc1cccc(Cl)c1)NCCN1C(=O)CSC1=S. The lowest BCUT2D eigenvalue weighted by molar-refractivity contribution is -0.150. The van der Waals surface area contributed by atoms with Gasteiger partial charge >= 0.3 is 5.97 Å². The third-order valence-electron chi connectivity index (χ3n) is 3.02. The second-order valence-electron chi connectivity index (χ2n) is 4.86. The molecular weight excluding hydrogens is 388 g/mol. The quantitative estimate of drug-likeness (QED) is 0.517. The Balaban J connectivity index is 1.60. The van der Waals surface area contributed by atoms with Gasteiger partial charge in [0.2, 0.25) is 5.91 Å². The lowest BCUT2D eigenvalue weighted by Gasteiger charge is -2.15. The highest BCUT2D eigenvalue weighted by atomic mass is 35.5. The minimum absolute atomic E-state index is 0.0751. The molecule has 2 rings (SSSR count). The van der Waals surface area contributed by atoms with Crippen LogP contribution in [0.3, 0.4) is 0 Å². The van der Waals surface area contributed by atoms with Crippen LogP contribution in [0.4, 0.5) is 0 Å². The lowest BCUT2D eigenvalue weighted by atomic mass is 10.3. The fourth-order valence-corrected chi connectivity index (χ4v) is 3.14. The minimum atomic E-state index is -0.678. The molecule has 1 aromatic rings. The van der Waals surface area contributed by atoms with Crippen LogP contribution in [0.5, 0.6) is 5.75 Å². The first kappa shape index (κ1) is 19.5. The molecule has 10 heteroatoms. The van der Waals surface area contributed by atoms with Gasteiger partial charge in [-0.15, -0.1) is 0 Å². The highest BCUT2D eigenvalue weighted by molar-refractivity contribution is 8.23. The van der Waals surface area contributed by atoms with Crippen LogP contribution in [0.2, 0.25) is 5.02 Å². The number of benzene rings is 1. The number of hydrogen-bond donors (Lipinski definition) is 1. The number of rotatable bonds is 8. The predicted octanol–water partition coefficient (Wildman–Crippen LogP) is 1.24. The summed E-state index contributed by atoms with van der Waals surface area (Å²) in [6.07, 6.45) is 0. The van der Waals surface area contributed by atoms with Gasteiger partial charge in [0.15, 0.2) is 13.2 Å². The van der Waals surface area contributed by atoms with E-state index in [4.69, 9.17) is 33.3 Å². The molecule has 0 bridgehead atoms. The number of amides is 2. The van der Waals surface area contributed by atoms with Gasteiger partial charge in [0, 0.05) is 18.1 Å². The first-order valence-corrected chi connectivity index (χ1v) is 9.00. The monoisotopic (exact) mass is 402 g/mol. The van der Waals surface area contributed by atoms with E-state index >= 15 is 0 Å². The number of nitrogens with one attached hydrogen (secondary N) is 1. The van der Waals surface area contributed by atoms with Crippen molar-refractivity contribution in [2.24, 2.45) is 0 Å². The van der Waals surface area contributed by atoms with Gasteiger partial charge in [0.05, 0.1) is 5.75 Å². The van der Waals surface area contributed by atoms with Crippen molar-refractivity contribution in [2.45, 2.75) is 0 Å². The van der Waals surface area contributed by atoms with Gasteiger partial charge in [-0.3, -0.25) is 14.5 Å². The Morgan fingerprint density at radius 2 is 2.16 bits per heavy atom. The molecule has 1 fully saturated rings. The lowest BCUT2D eigenvalue weighted by Crippen LogP contribution is -2.38. The second kappa shape index (κ2) is 9.59. The van der Waals surface area contributed by atoms with Crippen molar-refractivity contribution in [1.29, 1.82) is 0 Å². The van der Waals surface area contributed by atoms with E-state index in [0.717, 1.165) is 0 Å². The Kier molecular flexibility index (Phi) is 7.48. The van der Waals surface area contributed by atoms with Crippen molar-refractivity contribution >= 4 is 57.7 Å². The summed E-state index contributed by atoms with van der Waals surface area (Å²) in [5, 5.41) is 3.04. The van der Waals surface area contributed by atoms with Crippen molar-refractivity contribution in [3.63, 3.8) is 0 Å². The number of carbonyl (C=O) groups is 3. The highest BCUT2D eigenvalue weighted by Crippen LogP contribution is 2.18. The number of thioether (sulfide) groups is 1. The number of carbonyl (C=O) groups excluding carboxylic acids is 3. The number of hydrogen-bond acceptors (Lipinski definition) is 7. The van der Waals surface area contributed by atoms with E-state index in [9.17, 15) is 14.4 Å². The van der Waals surface area contributed by atoms with Crippen LogP contribution >= 0.6 is 35.6 Å². The molecule has 1 heterocycles. The molecule has 1 aliphatic rings. The molecule has 0 saturated carbocycles. The molecule has 1 aromatic carbocycles. The maximum absolute atomic E-state index is 11.6. The molecule has 2 amide bonds. The van der Waals surface area contributed by atoms with E-state index in [1.165, 1.54) is 16.7 Å². The highest BCUT2D eigenvalue weighted by Gasteiger charge is 2.25. The maximum atomic E-state index is 11.6. The van der Waals surface area contributed by atoms with Gasteiger partial charge in [-0.1, -0.05) is 41.6 Å². The molecule has 0 spiro atoms. The number of halogens is 1. The molecular formula is C15H15ClN2O5S2. The molecule has 1 aliphatic heterocycles. The molecule has 0 aromatic heterocycles. The Hall–Kier alpha value is -1.84. The number of thiocarbonyl (C=S) groups is 1. The van der Waals surface area contributed by atoms with E-state index < -0.39 is 18.5 Å². The van der Waals surface area contributed by atoms with Crippen LogP contribution in [0, 0.1) is 0 Å². The Morgan fingerprint density at radius 1 is 1.36 bits per heavy atom. The molecule has 25 heavy (non-hydrogen) atoms. The third-order valence-corrected chi connectivity index (χ3v) is 4.68. The average Bonchev–Trinajstić information content (AvgIpc) is 2.90. The molecule has 7 nitrogen and oxygen atoms in total. The zero-order valence-electron chi connectivity index (χ0n) is 13.0. The second-order valence-corrected chi connectivity index (χ2v) is 6.90. The van der Waals surface area contributed by atoms with Crippen LogP contribution in [-0.2, 0) is 19.1 Å². The van der Waals surface area contributed by atoms with Crippen LogP contribution < -0.4 is 10.1 Å². The molecule has 0 unspecified atom stereocenters. The van der Waals surface area contributed by atoms with E-state index in [-0.39, 0.29) is 19.1 Å². The molecule has 1 saturated heterocycles. The van der Waals surface area contributed by atoms with E-state index in [1.54, 1.807) is 24.3 Å². The van der Waals surface area contributed by atoms with Crippen molar-refractivity contribution in [3.8, 4) is 5.75 Å². The Bertz CT molecular complexity index is 670. The zero-order chi connectivity index (χ0) is 18.2. The fourth-order valence-electron chi connectivity index (χ4n) is 1.84. The topological polar surface area (TPSA) is 84.9 Å². The number of esters is 1. The van der Waals surface area contributed by atoms with Crippen molar-refractivity contribution < 1.29 is 23.9 Å². The number of ether oxygens (including phenoxy) is 2. The third kappa shape index (κ3) is 6.52. The average molecular weight is 403 g/mol. The van der Waals surface area contributed by atoms with Gasteiger partial charge in [0.25, 0.3) is 5.91 Å². The first-order chi connectivity index (χ1) is 12.0. The summed E-state index contributed by atoms with van der Waals surface area (Å²) in [4.78, 5) is 36.1. The maximum Gasteiger partial charge on any atom is 0.344 e. The van der Waals surface area contributed by atoms with Crippen molar-refractivity contribution in [2.75, 3.05) is 32.1 Å².